The standard InChI is InChI=1S/C31H42N6O4/c1-23(2)41-25-10-8-24(9-11-25)32-31(38)37-19-17-36(18-20-37)29-27-13-12-26(22-28(27)33-30(34-29)39-3)40-21-7-16-35-14-5-4-6-15-35/h8-13,22-23H,4-7,14-21H2,1-3H3,(H,32,38). The van der Waals surface area contributed by atoms with Gasteiger partial charge in [-0.15, -0.1) is 0 Å². The number of amides is 2. The van der Waals surface area contributed by atoms with Crippen LogP contribution in [0.15, 0.2) is 42.5 Å². The molecule has 41 heavy (non-hydrogen) atoms. The van der Waals surface area contributed by atoms with E-state index in [0.29, 0.717) is 38.8 Å². The summed E-state index contributed by atoms with van der Waals surface area (Å²) < 4.78 is 17.2. The van der Waals surface area contributed by atoms with Gasteiger partial charge in [0.15, 0.2) is 0 Å². The number of carbonyl (C=O) groups is 1. The van der Waals surface area contributed by atoms with E-state index < -0.39 is 0 Å². The number of benzene rings is 2. The van der Waals surface area contributed by atoms with Gasteiger partial charge in [-0.05, 0) is 82.6 Å². The minimum Gasteiger partial charge on any atom is -0.493 e. The van der Waals surface area contributed by atoms with Gasteiger partial charge in [0.05, 0.1) is 25.3 Å². The van der Waals surface area contributed by atoms with Crippen LogP contribution in [0.5, 0.6) is 17.5 Å². The summed E-state index contributed by atoms with van der Waals surface area (Å²) in [7, 11) is 1.58. The monoisotopic (exact) mass is 562 g/mol. The molecule has 0 radical (unpaired) electrons. The predicted molar refractivity (Wildman–Crippen MR) is 162 cm³/mol. The SMILES string of the molecule is COc1nc(N2CCN(C(=O)Nc3ccc(OC(C)C)cc3)CC2)c2ccc(OCCCN3CCCCC3)cc2n1. The second-order valence-corrected chi connectivity index (χ2v) is 10.9. The zero-order chi connectivity index (χ0) is 28.6. The molecule has 0 aliphatic carbocycles. The number of piperazine rings is 1. The topological polar surface area (TPSA) is 92.3 Å². The highest BCUT2D eigenvalue weighted by Crippen LogP contribution is 2.30. The van der Waals surface area contributed by atoms with Gasteiger partial charge in [0.25, 0.3) is 0 Å². The van der Waals surface area contributed by atoms with Crippen LogP contribution in [0.3, 0.4) is 0 Å². The zero-order valence-corrected chi connectivity index (χ0v) is 24.5. The third-order valence-corrected chi connectivity index (χ3v) is 7.49. The molecule has 0 saturated carbocycles. The number of fused-ring (bicyclic) bond motifs is 1. The van der Waals surface area contributed by atoms with Crippen molar-refractivity contribution in [2.75, 3.05) is 69.7 Å². The van der Waals surface area contributed by atoms with Gasteiger partial charge in [-0.3, -0.25) is 0 Å². The number of nitrogens with one attached hydrogen (secondary N) is 1. The van der Waals surface area contributed by atoms with Crippen molar-refractivity contribution in [2.24, 2.45) is 0 Å². The van der Waals surface area contributed by atoms with E-state index >= 15 is 0 Å². The van der Waals surface area contributed by atoms with Crippen molar-refractivity contribution < 1.29 is 19.0 Å². The van der Waals surface area contributed by atoms with E-state index in [9.17, 15) is 4.79 Å². The van der Waals surface area contributed by atoms with Crippen molar-refractivity contribution in [1.29, 1.82) is 0 Å². The molecule has 3 heterocycles. The van der Waals surface area contributed by atoms with Gasteiger partial charge in [-0.25, -0.2) is 4.79 Å². The molecule has 2 aromatic carbocycles. The summed E-state index contributed by atoms with van der Waals surface area (Å²) in [6, 6.07) is 13.6. The van der Waals surface area contributed by atoms with Crippen molar-refractivity contribution in [3.05, 3.63) is 42.5 Å². The molecule has 220 valence electrons. The number of nitrogens with zero attached hydrogens (tertiary/aromatic N) is 5. The molecule has 2 aliphatic heterocycles. The quantitative estimate of drug-likeness (QED) is 0.344. The van der Waals surface area contributed by atoms with Crippen molar-refractivity contribution in [3.63, 3.8) is 0 Å². The van der Waals surface area contributed by atoms with Gasteiger partial charge in [0, 0.05) is 49.9 Å². The van der Waals surface area contributed by atoms with Gasteiger partial charge in [0.1, 0.15) is 17.3 Å². The number of methoxy groups -OCH3 is 1. The van der Waals surface area contributed by atoms with Gasteiger partial charge in [-0.2, -0.15) is 9.97 Å². The molecular weight excluding hydrogens is 520 g/mol. The van der Waals surface area contributed by atoms with Gasteiger partial charge >= 0.3 is 12.0 Å². The summed E-state index contributed by atoms with van der Waals surface area (Å²) in [6.45, 7) is 10.6. The lowest BCUT2D eigenvalue weighted by molar-refractivity contribution is 0.205. The number of anilines is 2. The first-order chi connectivity index (χ1) is 20.0. The molecule has 10 heteroatoms. The molecule has 0 bridgehead atoms. The zero-order valence-electron chi connectivity index (χ0n) is 24.5. The fourth-order valence-electron chi connectivity index (χ4n) is 5.37. The Morgan fingerprint density at radius 1 is 0.927 bits per heavy atom. The number of ether oxygens (including phenoxy) is 3. The Morgan fingerprint density at radius 3 is 2.37 bits per heavy atom. The molecular formula is C31H42N6O4. The summed E-state index contributed by atoms with van der Waals surface area (Å²) in [5.74, 6) is 2.39. The number of likely N-dealkylation sites (tertiary alicyclic amines) is 1. The van der Waals surface area contributed by atoms with E-state index in [-0.39, 0.29) is 12.1 Å². The lowest BCUT2D eigenvalue weighted by atomic mass is 10.1. The number of piperidine rings is 1. The molecule has 2 fully saturated rings. The lowest BCUT2D eigenvalue weighted by Crippen LogP contribution is -2.50. The fourth-order valence-corrected chi connectivity index (χ4v) is 5.37. The minimum absolute atomic E-state index is 0.105. The van der Waals surface area contributed by atoms with Gasteiger partial charge < -0.3 is 34.2 Å². The van der Waals surface area contributed by atoms with Crippen molar-refractivity contribution in [2.45, 2.75) is 45.6 Å². The molecule has 2 saturated heterocycles. The molecule has 0 unspecified atom stereocenters. The smallest absolute Gasteiger partial charge is 0.321 e. The molecule has 2 amide bonds. The average molecular weight is 563 g/mol. The van der Waals surface area contributed by atoms with Crippen LogP contribution >= 0.6 is 0 Å². The average Bonchev–Trinajstić information content (AvgIpc) is 3.00. The Kier molecular flexibility index (Phi) is 9.61. The van der Waals surface area contributed by atoms with Crippen LogP contribution in [-0.4, -0.2) is 91.4 Å². The van der Waals surface area contributed by atoms with E-state index in [0.717, 1.165) is 46.9 Å². The first-order valence-electron chi connectivity index (χ1n) is 14.8. The maximum atomic E-state index is 12.9. The van der Waals surface area contributed by atoms with Gasteiger partial charge in [0.2, 0.25) is 0 Å². The number of carbonyl (C=O) groups excluding carboxylic acids is 1. The third kappa shape index (κ3) is 7.70. The molecule has 5 rings (SSSR count). The molecule has 2 aliphatic rings. The number of hydrogen-bond acceptors (Lipinski definition) is 8. The summed E-state index contributed by atoms with van der Waals surface area (Å²) in [5, 5.41) is 3.93. The van der Waals surface area contributed by atoms with Crippen LogP contribution in [0, 0.1) is 0 Å². The third-order valence-electron chi connectivity index (χ3n) is 7.49. The Labute approximate surface area is 242 Å². The largest absolute Gasteiger partial charge is 0.493 e. The molecule has 3 aromatic rings. The first kappa shape index (κ1) is 28.7. The van der Waals surface area contributed by atoms with Crippen LogP contribution in [-0.2, 0) is 0 Å². The Bertz CT molecular complexity index is 1290. The number of urea groups is 1. The van der Waals surface area contributed by atoms with Crippen LogP contribution < -0.4 is 24.4 Å². The molecule has 1 aromatic heterocycles. The van der Waals surface area contributed by atoms with Crippen molar-refractivity contribution in [3.8, 4) is 17.5 Å². The summed E-state index contributed by atoms with van der Waals surface area (Å²) in [4.78, 5) is 28.7. The number of hydrogen-bond donors (Lipinski definition) is 1. The van der Waals surface area contributed by atoms with E-state index in [1.54, 1.807) is 7.11 Å². The normalized spacial score (nSPS) is 16.2. The van der Waals surface area contributed by atoms with Crippen LogP contribution in [0.25, 0.3) is 10.9 Å². The second-order valence-electron chi connectivity index (χ2n) is 10.9. The number of rotatable bonds is 10. The highest BCUT2D eigenvalue weighted by molar-refractivity contribution is 5.92. The summed E-state index contributed by atoms with van der Waals surface area (Å²) >= 11 is 0. The minimum atomic E-state index is -0.116. The Morgan fingerprint density at radius 2 is 1.66 bits per heavy atom. The van der Waals surface area contributed by atoms with E-state index in [2.05, 4.69) is 25.1 Å². The Balaban J connectivity index is 1.17. The van der Waals surface area contributed by atoms with E-state index in [1.165, 1.54) is 32.4 Å². The predicted octanol–water partition coefficient (Wildman–Crippen LogP) is 5.03. The summed E-state index contributed by atoms with van der Waals surface area (Å²) in [6.07, 6.45) is 5.08. The fraction of sp³-hybridized carbons (Fsp3) is 0.516. The van der Waals surface area contributed by atoms with Crippen molar-refractivity contribution in [1.82, 2.24) is 19.8 Å². The van der Waals surface area contributed by atoms with Crippen LogP contribution in [0.4, 0.5) is 16.3 Å². The first-order valence-corrected chi connectivity index (χ1v) is 14.8. The van der Waals surface area contributed by atoms with Gasteiger partial charge in [-0.1, -0.05) is 6.42 Å². The molecule has 10 nitrogen and oxygen atoms in total. The molecule has 0 spiro atoms. The second kappa shape index (κ2) is 13.7. The Hall–Kier alpha value is -3.79. The highest BCUT2D eigenvalue weighted by Gasteiger charge is 2.24. The molecule has 1 N–H and O–H groups in total. The lowest BCUT2D eigenvalue weighted by Gasteiger charge is -2.35. The van der Waals surface area contributed by atoms with E-state index in [1.807, 2.05) is 61.2 Å². The number of aromatic nitrogens is 2. The maximum absolute atomic E-state index is 12.9. The highest BCUT2D eigenvalue weighted by atomic mass is 16.5. The summed E-state index contributed by atoms with van der Waals surface area (Å²) in [5.41, 5.74) is 1.52. The van der Waals surface area contributed by atoms with Crippen molar-refractivity contribution >= 4 is 28.4 Å². The maximum Gasteiger partial charge on any atom is 0.321 e. The van der Waals surface area contributed by atoms with Crippen LogP contribution in [0.1, 0.15) is 39.5 Å². The molecule has 0 atom stereocenters. The van der Waals surface area contributed by atoms with E-state index in [4.69, 9.17) is 14.2 Å². The van der Waals surface area contributed by atoms with Crippen LogP contribution in [0.2, 0.25) is 0 Å².